The minimum atomic E-state index is 0.223. The van der Waals surface area contributed by atoms with Crippen molar-refractivity contribution in [1.29, 1.82) is 0 Å². The van der Waals surface area contributed by atoms with E-state index in [4.69, 9.17) is 5.73 Å². The lowest BCUT2D eigenvalue weighted by molar-refractivity contribution is -0.137. The normalized spacial score (nSPS) is 27.2. The topological polar surface area (TPSA) is 46.3 Å². The van der Waals surface area contributed by atoms with Crippen LogP contribution in [0.15, 0.2) is 17.5 Å². The third-order valence-electron chi connectivity index (χ3n) is 4.30. The summed E-state index contributed by atoms with van der Waals surface area (Å²) >= 11 is 1.75. The molecule has 104 valence electrons. The monoisotopic (exact) mass is 278 g/mol. The second kappa shape index (κ2) is 5.63. The molecule has 0 aliphatic heterocycles. The minimum Gasteiger partial charge on any atom is -0.334 e. The summed E-state index contributed by atoms with van der Waals surface area (Å²) in [7, 11) is 0. The number of hydrogen-bond acceptors (Lipinski definition) is 3. The SMILES string of the molecule is NC1CCC(C(=O)N(Cc2cccs2)C2CC2)CC1. The van der Waals surface area contributed by atoms with Crippen LogP contribution in [0.1, 0.15) is 43.4 Å². The zero-order valence-corrected chi connectivity index (χ0v) is 12.1. The Bertz CT molecular complexity index is 419. The first kappa shape index (κ1) is 13.1. The summed E-state index contributed by atoms with van der Waals surface area (Å²) < 4.78 is 0. The van der Waals surface area contributed by atoms with Crippen molar-refractivity contribution in [3.05, 3.63) is 22.4 Å². The number of rotatable bonds is 4. The summed E-state index contributed by atoms with van der Waals surface area (Å²) in [4.78, 5) is 16.1. The predicted molar refractivity (Wildman–Crippen MR) is 77.8 cm³/mol. The Hall–Kier alpha value is -0.870. The maximum absolute atomic E-state index is 12.7. The van der Waals surface area contributed by atoms with Gasteiger partial charge < -0.3 is 10.6 Å². The molecule has 1 heterocycles. The summed E-state index contributed by atoms with van der Waals surface area (Å²) in [6.45, 7) is 0.809. The summed E-state index contributed by atoms with van der Waals surface area (Å²) in [5.41, 5.74) is 5.93. The van der Waals surface area contributed by atoms with E-state index in [0.29, 0.717) is 18.0 Å². The Morgan fingerprint density at radius 2 is 2.00 bits per heavy atom. The number of nitrogens with two attached hydrogens (primary N) is 1. The molecule has 4 heteroatoms. The minimum absolute atomic E-state index is 0.223. The highest BCUT2D eigenvalue weighted by molar-refractivity contribution is 7.09. The first-order chi connectivity index (χ1) is 9.24. The fourth-order valence-electron chi connectivity index (χ4n) is 2.94. The van der Waals surface area contributed by atoms with Crippen LogP contribution in [0.4, 0.5) is 0 Å². The second-order valence-electron chi connectivity index (χ2n) is 5.89. The summed E-state index contributed by atoms with van der Waals surface area (Å²) in [6, 6.07) is 5.01. The van der Waals surface area contributed by atoms with Crippen LogP contribution in [0.25, 0.3) is 0 Å². The van der Waals surface area contributed by atoms with E-state index in [0.717, 1.165) is 32.2 Å². The average molecular weight is 278 g/mol. The zero-order chi connectivity index (χ0) is 13.2. The van der Waals surface area contributed by atoms with Gasteiger partial charge in [-0.05, 0) is 50.0 Å². The Balaban J connectivity index is 1.64. The molecular formula is C15H22N2OS. The first-order valence-corrected chi connectivity index (χ1v) is 8.20. The number of nitrogens with zero attached hydrogens (tertiary/aromatic N) is 1. The van der Waals surface area contributed by atoms with Gasteiger partial charge in [-0.2, -0.15) is 0 Å². The van der Waals surface area contributed by atoms with Crippen molar-refractivity contribution < 1.29 is 4.79 Å². The molecule has 0 radical (unpaired) electrons. The summed E-state index contributed by atoms with van der Waals surface area (Å²) in [5, 5.41) is 2.09. The smallest absolute Gasteiger partial charge is 0.226 e. The van der Waals surface area contributed by atoms with Crippen molar-refractivity contribution in [3.8, 4) is 0 Å². The highest BCUT2D eigenvalue weighted by atomic mass is 32.1. The fraction of sp³-hybridized carbons (Fsp3) is 0.667. The molecule has 3 rings (SSSR count). The number of thiophene rings is 1. The molecule has 0 aromatic carbocycles. The molecule has 2 saturated carbocycles. The third-order valence-corrected chi connectivity index (χ3v) is 5.16. The molecule has 0 unspecified atom stereocenters. The Labute approximate surface area is 118 Å². The van der Waals surface area contributed by atoms with E-state index in [9.17, 15) is 4.79 Å². The average Bonchev–Trinajstić information content (AvgIpc) is 3.13. The molecule has 2 fully saturated rings. The van der Waals surface area contributed by atoms with Gasteiger partial charge in [0.2, 0.25) is 5.91 Å². The summed E-state index contributed by atoms with van der Waals surface area (Å²) in [6.07, 6.45) is 6.34. The van der Waals surface area contributed by atoms with E-state index in [-0.39, 0.29) is 5.92 Å². The number of carbonyl (C=O) groups excluding carboxylic acids is 1. The van der Waals surface area contributed by atoms with E-state index >= 15 is 0 Å². The van der Waals surface area contributed by atoms with Gasteiger partial charge in [-0.1, -0.05) is 6.07 Å². The highest BCUT2D eigenvalue weighted by Gasteiger charge is 2.36. The van der Waals surface area contributed by atoms with Crippen LogP contribution in [0.3, 0.4) is 0 Å². The Morgan fingerprint density at radius 1 is 1.26 bits per heavy atom. The van der Waals surface area contributed by atoms with Crippen molar-refractivity contribution in [2.45, 2.75) is 57.2 Å². The van der Waals surface area contributed by atoms with Crippen LogP contribution in [0.5, 0.6) is 0 Å². The summed E-state index contributed by atoms with van der Waals surface area (Å²) in [5.74, 6) is 0.600. The largest absolute Gasteiger partial charge is 0.334 e. The van der Waals surface area contributed by atoms with Crippen LogP contribution >= 0.6 is 11.3 Å². The predicted octanol–water partition coefficient (Wildman–Crippen LogP) is 2.76. The van der Waals surface area contributed by atoms with Gasteiger partial charge in [0, 0.05) is 22.9 Å². The highest BCUT2D eigenvalue weighted by Crippen LogP contribution is 2.33. The van der Waals surface area contributed by atoms with Gasteiger partial charge in [0.05, 0.1) is 6.54 Å². The van der Waals surface area contributed by atoms with Crippen LogP contribution < -0.4 is 5.73 Å². The molecule has 3 nitrogen and oxygen atoms in total. The quantitative estimate of drug-likeness (QED) is 0.920. The molecule has 0 bridgehead atoms. The van der Waals surface area contributed by atoms with Gasteiger partial charge in [0.1, 0.15) is 0 Å². The van der Waals surface area contributed by atoms with Crippen molar-refractivity contribution in [3.63, 3.8) is 0 Å². The van der Waals surface area contributed by atoms with E-state index in [1.54, 1.807) is 11.3 Å². The maximum atomic E-state index is 12.7. The van der Waals surface area contributed by atoms with E-state index in [1.807, 2.05) is 0 Å². The van der Waals surface area contributed by atoms with Crippen LogP contribution in [0.2, 0.25) is 0 Å². The molecule has 0 atom stereocenters. The molecule has 0 saturated heterocycles. The van der Waals surface area contributed by atoms with Gasteiger partial charge >= 0.3 is 0 Å². The fourth-order valence-corrected chi connectivity index (χ4v) is 3.65. The van der Waals surface area contributed by atoms with Crippen molar-refractivity contribution in [2.24, 2.45) is 11.7 Å². The molecule has 2 aliphatic rings. The Kier molecular flexibility index (Phi) is 3.89. The van der Waals surface area contributed by atoms with E-state index in [2.05, 4.69) is 22.4 Å². The third kappa shape index (κ3) is 3.18. The van der Waals surface area contributed by atoms with Gasteiger partial charge in [0.15, 0.2) is 0 Å². The van der Waals surface area contributed by atoms with Crippen molar-refractivity contribution in [1.82, 2.24) is 4.90 Å². The molecule has 2 N–H and O–H groups in total. The Morgan fingerprint density at radius 3 is 2.58 bits per heavy atom. The number of carbonyl (C=O) groups is 1. The molecule has 2 aliphatic carbocycles. The van der Waals surface area contributed by atoms with Crippen LogP contribution in [-0.2, 0) is 11.3 Å². The van der Waals surface area contributed by atoms with Gasteiger partial charge in [-0.15, -0.1) is 11.3 Å². The van der Waals surface area contributed by atoms with Crippen molar-refractivity contribution >= 4 is 17.2 Å². The van der Waals surface area contributed by atoms with E-state index in [1.165, 1.54) is 17.7 Å². The molecule has 1 aromatic rings. The molecular weight excluding hydrogens is 256 g/mol. The standard InChI is InChI=1S/C15H22N2OS/c16-12-5-3-11(4-6-12)15(18)17(13-7-8-13)10-14-2-1-9-19-14/h1-2,9,11-13H,3-8,10,16H2. The number of hydrogen-bond donors (Lipinski definition) is 1. The maximum Gasteiger partial charge on any atom is 0.226 e. The number of amides is 1. The molecule has 1 aromatic heterocycles. The van der Waals surface area contributed by atoms with Crippen LogP contribution in [0, 0.1) is 5.92 Å². The van der Waals surface area contributed by atoms with Gasteiger partial charge in [-0.25, -0.2) is 0 Å². The molecule has 19 heavy (non-hydrogen) atoms. The van der Waals surface area contributed by atoms with E-state index < -0.39 is 0 Å². The van der Waals surface area contributed by atoms with Gasteiger partial charge in [0.25, 0.3) is 0 Å². The first-order valence-electron chi connectivity index (χ1n) is 7.32. The second-order valence-corrected chi connectivity index (χ2v) is 6.92. The van der Waals surface area contributed by atoms with Crippen molar-refractivity contribution in [2.75, 3.05) is 0 Å². The zero-order valence-electron chi connectivity index (χ0n) is 11.3. The molecule has 0 spiro atoms. The lowest BCUT2D eigenvalue weighted by atomic mass is 9.85. The lowest BCUT2D eigenvalue weighted by Gasteiger charge is -2.31. The molecule has 1 amide bonds. The lowest BCUT2D eigenvalue weighted by Crippen LogP contribution is -2.40. The van der Waals surface area contributed by atoms with Gasteiger partial charge in [-0.3, -0.25) is 4.79 Å². The van der Waals surface area contributed by atoms with Crippen LogP contribution in [-0.4, -0.2) is 22.9 Å².